The van der Waals surface area contributed by atoms with Crippen molar-refractivity contribution in [2.45, 2.75) is 25.9 Å². The van der Waals surface area contributed by atoms with Crippen LogP contribution in [0.2, 0.25) is 0 Å². The van der Waals surface area contributed by atoms with Crippen LogP contribution >= 0.6 is 12.2 Å². The van der Waals surface area contributed by atoms with E-state index in [-0.39, 0.29) is 18.0 Å². The predicted octanol–water partition coefficient (Wildman–Crippen LogP) is 1.61. The summed E-state index contributed by atoms with van der Waals surface area (Å²) in [4.78, 5) is 14.6. The number of nitrogens with two attached hydrogens (primary N) is 1. The van der Waals surface area contributed by atoms with Crippen molar-refractivity contribution in [2.24, 2.45) is 5.73 Å². The van der Waals surface area contributed by atoms with Gasteiger partial charge in [0.15, 0.2) is 0 Å². The Morgan fingerprint density at radius 3 is 2.43 bits per heavy atom. The third kappa shape index (κ3) is 5.08. The Hall–Kier alpha value is -1.50. The number of nitrogens with one attached hydrogen (secondary N) is 1. The summed E-state index contributed by atoms with van der Waals surface area (Å²) in [6.07, 6.45) is 0. The predicted molar refractivity (Wildman–Crippen MR) is 89.5 cm³/mol. The van der Waals surface area contributed by atoms with Gasteiger partial charge in [0.25, 0.3) is 0 Å². The maximum Gasteiger partial charge on any atom is 0.241 e. The summed E-state index contributed by atoms with van der Waals surface area (Å²) in [7, 11) is 3.56. The number of methoxy groups -OCH3 is 1. The highest BCUT2D eigenvalue weighted by atomic mass is 32.1. The molecule has 0 aliphatic carbocycles. The fourth-order valence-corrected chi connectivity index (χ4v) is 2.03. The van der Waals surface area contributed by atoms with Crippen molar-refractivity contribution in [1.82, 2.24) is 4.90 Å². The number of rotatable bonds is 7. The van der Waals surface area contributed by atoms with Gasteiger partial charge in [0.05, 0.1) is 12.6 Å². The number of thiocarbonyl (C=S) groups is 1. The lowest BCUT2D eigenvalue weighted by Gasteiger charge is -2.29. The Morgan fingerprint density at radius 2 is 1.95 bits per heavy atom. The smallest absolute Gasteiger partial charge is 0.241 e. The van der Waals surface area contributed by atoms with Crippen LogP contribution in [0.4, 0.5) is 5.69 Å². The second kappa shape index (κ2) is 8.07. The highest BCUT2D eigenvalue weighted by Crippen LogP contribution is 2.11. The molecule has 2 unspecified atom stereocenters. The zero-order chi connectivity index (χ0) is 16.0. The Kier molecular flexibility index (Phi) is 6.74. The highest BCUT2D eigenvalue weighted by Gasteiger charge is 2.22. The van der Waals surface area contributed by atoms with Crippen molar-refractivity contribution in [2.75, 3.05) is 26.1 Å². The van der Waals surface area contributed by atoms with Crippen LogP contribution in [0.5, 0.6) is 0 Å². The van der Waals surface area contributed by atoms with Gasteiger partial charge in [-0.3, -0.25) is 9.69 Å². The largest absolute Gasteiger partial charge is 0.389 e. The molecular weight excluding hydrogens is 286 g/mol. The van der Waals surface area contributed by atoms with E-state index in [2.05, 4.69) is 5.32 Å². The van der Waals surface area contributed by atoms with E-state index >= 15 is 0 Å². The fourth-order valence-electron chi connectivity index (χ4n) is 1.89. The van der Waals surface area contributed by atoms with Crippen molar-refractivity contribution < 1.29 is 9.53 Å². The zero-order valence-electron chi connectivity index (χ0n) is 12.9. The molecule has 0 aliphatic heterocycles. The highest BCUT2D eigenvalue weighted by molar-refractivity contribution is 7.80. The summed E-state index contributed by atoms with van der Waals surface area (Å²) in [5.74, 6) is -0.0662. The lowest BCUT2D eigenvalue weighted by Crippen LogP contribution is -2.45. The Morgan fingerprint density at radius 1 is 1.38 bits per heavy atom. The standard InChI is InChI=1S/C15H23N3O2S/c1-10(9-20-4)18(3)11(2)15(19)17-13-7-5-12(6-8-13)14(16)21/h5-8,10-11H,9H2,1-4H3,(H2,16,21)(H,17,19). The number of amides is 1. The van der Waals surface area contributed by atoms with E-state index in [1.807, 2.05) is 25.8 Å². The van der Waals surface area contributed by atoms with E-state index in [1.54, 1.807) is 31.4 Å². The third-order valence-electron chi connectivity index (χ3n) is 3.53. The summed E-state index contributed by atoms with van der Waals surface area (Å²) in [6.45, 7) is 4.46. The monoisotopic (exact) mass is 309 g/mol. The van der Waals surface area contributed by atoms with Gasteiger partial charge in [0.2, 0.25) is 5.91 Å². The van der Waals surface area contributed by atoms with Gasteiger partial charge in [0.1, 0.15) is 4.99 Å². The number of likely N-dealkylation sites (N-methyl/N-ethyl adjacent to an activating group) is 1. The molecule has 0 fully saturated rings. The lowest BCUT2D eigenvalue weighted by molar-refractivity contribution is -0.121. The van der Waals surface area contributed by atoms with E-state index in [0.717, 1.165) is 11.3 Å². The number of nitrogens with zero attached hydrogens (tertiary/aromatic N) is 1. The van der Waals surface area contributed by atoms with Crippen LogP contribution in [-0.4, -0.2) is 48.6 Å². The van der Waals surface area contributed by atoms with Crippen molar-refractivity contribution in [3.05, 3.63) is 29.8 Å². The maximum absolute atomic E-state index is 12.2. The first-order valence-corrected chi connectivity index (χ1v) is 7.19. The van der Waals surface area contributed by atoms with Gasteiger partial charge in [-0.15, -0.1) is 0 Å². The van der Waals surface area contributed by atoms with Crippen molar-refractivity contribution >= 4 is 28.8 Å². The first-order chi connectivity index (χ1) is 9.86. The Bertz CT molecular complexity index is 490. The van der Waals surface area contributed by atoms with E-state index in [1.165, 1.54) is 0 Å². The molecule has 0 spiro atoms. The molecule has 0 radical (unpaired) electrons. The minimum atomic E-state index is -0.259. The van der Waals surface area contributed by atoms with Crippen LogP contribution < -0.4 is 11.1 Å². The molecule has 2 atom stereocenters. The molecule has 1 aromatic carbocycles. The molecule has 6 heteroatoms. The normalized spacial score (nSPS) is 13.8. The number of carbonyl (C=O) groups excluding carboxylic acids is 1. The molecule has 0 aromatic heterocycles. The molecule has 116 valence electrons. The summed E-state index contributed by atoms with van der Waals surface area (Å²) in [5.41, 5.74) is 7.04. The van der Waals surface area contributed by atoms with Crippen LogP contribution in [0.25, 0.3) is 0 Å². The van der Waals surface area contributed by atoms with Crippen LogP contribution in [0, 0.1) is 0 Å². The number of hydrogen-bond acceptors (Lipinski definition) is 4. The first-order valence-electron chi connectivity index (χ1n) is 6.78. The quantitative estimate of drug-likeness (QED) is 0.749. The van der Waals surface area contributed by atoms with Gasteiger partial charge in [-0.05, 0) is 45.2 Å². The third-order valence-corrected chi connectivity index (χ3v) is 3.77. The van der Waals surface area contributed by atoms with Crippen molar-refractivity contribution in [1.29, 1.82) is 0 Å². The number of carbonyl (C=O) groups is 1. The average Bonchev–Trinajstić information content (AvgIpc) is 2.46. The number of anilines is 1. The van der Waals surface area contributed by atoms with Gasteiger partial charge in [-0.2, -0.15) is 0 Å². The van der Waals surface area contributed by atoms with E-state index < -0.39 is 0 Å². The lowest BCUT2D eigenvalue weighted by atomic mass is 10.2. The summed E-state index contributed by atoms with van der Waals surface area (Å²) in [5, 5.41) is 2.88. The fraction of sp³-hybridized carbons (Fsp3) is 0.467. The molecule has 1 aromatic rings. The zero-order valence-corrected chi connectivity index (χ0v) is 13.7. The Balaban J connectivity index is 2.65. The summed E-state index contributed by atoms with van der Waals surface area (Å²) in [6, 6.07) is 7.06. The summed E-state index contributed by atoms with van der Waals surface area (Å²) >= 11 is 4.89. The van der Waals surface area contributed by atoms with Gasteiger partial charge < -0.3 is 15.8 Å². The maximum atomic E-state index is 12.2. The molecule has 0 saturated carbocycles. The van der Waals surface area contributed by atoms with Crippen LogP contribution in [0.1, 0.15) is 19.4 Å². The molecule has 0 heterocycles. The molecule has 0 aliphatic rings. The molecular formula is C15H23N3O2S. The van der Waals surface area contributed by atoms with E-state index in [9.17, 15) is 4.79 Å². The average molecular weight is 309 g/mol. The molecule has 21 heavy (non-hydrogen) atoms. The number of hydrogen-bond donors (Lipinski definition) is 2. The van der Waals surface area contributed by atoms with Gasteiger partial charge in [-0.1, -0.05) is 12.2 Å². The molecule has 3 N–H and O–H groups in total. The van der Waals surface area contributed by atoms with E-state index in [0.29, 0.717) is 11.6 Å². The van der Waals surface area contributed by atoms with Gasteiger partial charge >= 0.3 is 0 Å². The van der Waals surface area contributed by atoms with Crippen LogP contribution in [0.3, 0.4) is 0 Å². The van der Waals surface area contributed by atoms with Gasteiger partial charge in [0, 0.05) is 24.4 Å². The minimum absolute atomic E-state index is 0.0662. The minimum Gasteiger partial charge on any atom is -0.389 e. The van der Waals surface area contributed by atoms with Crippen LogP contribution in [-0.2, 0) is 9.53 Å². The summed E-state index contributed by atoms with van der Waals surface area (Å²) < 4.78 is 5.11. The second-order valence-corrected chi connectivity index (χ2v) is 5.52. The van der Waals surface area contributed by atoms with Gasteiger partial charge in [-0.25, -0.2) is 0 Å². The molecule has 0 bridgehead atoms. The molecule has 5 nitrogen and oxygen atoms in total. The van der Waals surface area contributed by atoms with E-state index in [4.69, 9.17) is 22.7 Å². The molecule has 1 amide bonds. The van der Waals surface area contributed by atoms with Crippen LogP contribution in [0.15, 0.2) is 24.3 Å². The topological polar surface area (TPSA) is 67.6 Å². The van der Waals surface area contributed by atoms with Crippen molar-refractivity contribution in [3.63, 3.8) is 0 Å². The SMILES string of the molecule is COCC(C)N(C)C(C)C(=O)Nc1ccc(C(N)=S)cc1. The second-order valence-electron chi connectivity index (χ2n) is 5.08. The molecule has 1 rings (SSSR count). The number of benzene rings is 1. The number of ether oxygens (including phenoxy) is 1. The molecule has 0 saturated heterocycles. The first kappa shape index (κ1) is 17.6. The Labute approximate surface area is 131 Å². The van der Waals surface area contributed by atoms with Crippen molar-refractivity contribution in [3.8, 4) is 0 Å².